The average molecular weight is 220 g/mol. The van der Waals surface area contributed by atoms with Crippen LogP contribution in [0.3, 0.4) is 0 Å². The second kappa shape index (κ2) is 5.91. The average Bonchev–Trinajstić information content (AvgIpc) is 2.71. The fourth-order valence-corrected chi connectivity index (χ4v) is 1.36. The number of imidazole rings is 1. The summed E-state index contributed by atoms with van der Waals surface area (Å²) < 4.78 is 0. The summed E-state index contributed by atoms with van der Waals surface area (Å²) in [6.07, 6.45) is 4.06. The lowest BCUT2D eigenvalue weighted by Gasteiger charge is -2.12. The lowest BCUT2D eigenvalue weighted by molar-refractivity contribution is -0.124. The zero-order valence-corrected chi connectivity index (χ0v) is 9.53. The van der Waals surface area contributed by atoms with E-state index in [1.54, 1.807) is 12.4 Å². The highest BCUT2D eigenvalue weighted by Gasteiger charge is 2.20. The van der Waals surface area contributed by atoms with Crippen LogP contribution in [0.4, 0.5) is 0 Å². The lowest BCUT2D eigenvalue weighted by atomic mass is 9.97. The molecule has 0 aliphatic rings. The zero-order chi connectivity index (χ0) is 12.0. The monoisotopic (exact) mass is 220 g/mol. The fourth-order valence-electron chi connectivity index (χ4n) is 1.36. The second-order valence-electron chi connectivity index (χ2n) is 3.93. The van der Waals surface area contributed by atoms with Gasteiger partial charge in [0.05, 0.1) is 6.07 Å². The first-order valence-electron chi connectivity index (χ1n) is 5.30. The van der Waals surface area contributed by atoms with E-state index in [4.69, 9.17) is 5.26 Å². The first-order chi connectivity index (χ1) is 7.65. The maximum absolute atomic E-state index is 11.6. The third-order valence-electron chi connectivity index (χ3n) is 2.30. The van der Waals surface area contributed by atoms with Gasteiger partial charge in [0.15, 0.2) is 0 Å². The summed E-state index contributed by atoms with van der Waals surface area (Å²) in [6, 6.07) is 2.01. The zero-order valence-electron chi connectivity index (χ0n) is 9.53. The van der Waals surface area contributed by atoms with Gasteiger partial charge in [-0.1, -0.05) is 13.8 Å². The quantitative estimate of drug-likeness (QED) is 0.772. The molecule has 0 aliphatic carbocycles. The normalized spacial score (nSPS) is 12.1. The molecule has 1 atom stereocenters. The molecule has 1 rings (SSSR count). The van der Waals surface area contributed by atoms with Gasteiger partial charge in [-0.2, -0.15) is 5.26 Å². The number of amides is 1. The van der Waals surface area contributed by atoms with Crippen LogP contribution < -0.4 is 5.32 Å². The first kappa shape index (κ1) is 12.2. The number of rotatable bonds is 5. The van der Waals surface area contributed by atoms with E-state index in [1.807, 2.05) is 19.9 Å². The van der Waals surface area contributed by atoms with Crippen LogP contribution in [0.2, 0.25) is 0 Å². The molecule has 16 heavy (non-hydrogen) atoms. The molecule has 0 spiro atoms. The van der Waals surface area contributed by atoms with E-state index in [0.29, 0.717) is 13.0 Å². The Bertz CT molecular complexity index is 364. The van der Waals surface area contributed by atoms with Crippen LogP contribution in [-0.4, -0.2) is 22.4 Å². The number of aromatic nitrogens is 2. The van der Waals surface area contributed by atoms with E-state index < -0.39 is 5.92 Å². The Morgan fingerprint density at radius 3 is 2.94 bits per heavy atom. The highest BCUT2D eigenvalue weighted by atomic mass is 16.1. The lowest BCUT2D eigenvalue weighted by Crippen LogP contribution is -2.34. The summed E-state index contributed by atoms with van der Waals surface area (Å²) in [5, 5.41) is 11.6. The van der Waals surface area contributed by atoms with Crippen molar-refractivity contribution in [1.82, 2.24) is 15.3 Å². The number of nitrogens with zero attached hydrogens (tertiary/aromatic N) is 2. The van der Waals surface area contributed by atoms with Crippen LogP contribution in [0.5, 0.6) is 0 Å². The molecule has 1 aromatic rings. The number of carbonyl (C=O) groups is 1. The van der Waals surface area contributed by atoms with Crippen molar-refractivity contribution >= 4 is 5.91 Å². The van der Waals surface area contributed by atoms with Crippen molar-refractivity contribution in [3.63, 3.8) is 0 Å². The van der Waals surface area contributed by atoms with Crippen molar-refractivity contribution in [1.29, 1.82) is 5.26 Å². The topological polar surface area (TPSA) is 81.6 Å². The highest BCUT2D eigenvalue weighted by Crippen LogP contribution is 2.09. The van der Waals surface area contributed by atoms with Gasteiger partial charge in [0, 0.05) is 25.4 Å². The molecule has 86 valence electrons. The van der Waals surface area contributed by atoms with Gasteiger partial charge < -0.3 is 10.3 Å². The van der Waals surface area contributed by atoms with E-state index in [0.717, 1.165) is 5.82 Å². The minimum atomic E-state index is -0.573. The van der Waals surface area contributed by atoms with Crippen LogP contribution in [0.1, 0.15) is 19.7 Å². The van der Waals surface area contributed by atoms with Crippen LogP contribution in [0, 0.1) is 23.2 Å². The third kappa shape index (κ3) is 3.39. The fraction of sp³-hybridized carbons (Fsp3) is 0.545. The summed E-state index contributed by atoms with van der Waals surface area (Å²) in [5.74, 6) is 0.0904. The molecule has 0 aromatic carbocycles. The second-order valence-corrected chi connectivity index (χ2v) is 3.93. The van der Waals surface area contributed by atoms with E-state index in [9.17, 15) is 4.79 Å². The van der Waals surface area contributed by atoms with Crippen LogP contribution >= 0.6 is 0 Å². The Kier molecular flexibility index (Phi) is 4.52. The van der Waals surface area contributed by atoms with Gasteiger partial charge in [0.2, 0.25) is 5.91 Å². The van der Waals surface area contributed by atoms with Crippen molar-refractivity contribution in [2.75, 3.05) is 6.54 Å². The Balaban J connectivity index is 2.33. The molecule has 2 N–H and O–H groups in total. The van der Waals surface area contributed by atoms with E-state index in [1.165, 1.54) is 0 Å². The molecule has 1 aromatic heterocycles. The molecular formula is C11H16N4O. The third-order valence-corrected chi connectivity index (χ3v) is 2.30. The molecule has 5 heteroatoms. The molecule has 0 aliphatic heterocycles. The summed E-state index contributed by atoms with van der Waals surface area (Å²) in [6.45, 7) is 4.22. The molecule has 1 unspecified atom stereocenters. The predicted molar refractivity (Wildman–Crippen MR) is 59.2 cm³/mol. The molecule has 5 nitrogen and oxygen atoms in total. The molecule has 1 amide bonds. The number of aromatic amines is 1. The first-order valence-corrected chi connectivity index (χ1v) is 5.30. The van der Waals surface area contributed by atoms with Crippen molar-refractivity contribution in [2.24, 2.45) is 11.8 Å². The molecule has 0 saturated carbocycles. The van der Waals surface area contributed by atoms with Gasteiger partial charge in [-0.15, -0.1) is 0 Å². The Morgan fingerprint density at radius 2 is 2.44 bits per heavy atom. The van der Waals surface area contributed by atoms with E-state index in [2.05, 4.69) is 15.3 Å². The minimum Gasteiger partial charge on any atom is -0.355 e. The largest absolute Gasteiger partial charge is 0.355 e. The molecule has 0 radical (unpaired) electrons. The van der Waals surface area contributed by atoms with Crippen molar-refractivity contribution in [3.05, 3.63) is 18.2 Å². The van der Waals surface area contributed by atoms with Gasteiger partial charge in [0.25, 0.3) is 0 Å². The molecule has 0 saturated heterocycles. The van der Waals surface area contributed by atoms with Gasteiger partial charge >= 0.3 is 0 Å². The molecule has 0 fully saturated rings. The summed E-state index contributed by atoms with van der Waals surface area (Å²) in [4.78, 5) is 18.6. The van der Waals surface area contributed by atoms with Gasteiger partial charge in [-0.25, -0.2) is 4.98 Å². The Hall–Kier alpha value is -1.83. The van der Waals surface area contributed by atoms with Gasteiger partial charge in [-0.3, -0.25) is 4.79 Å². The molecule has 1 heterocycles. The number of hydrogen-bond acceptors (Lipinski definition) is 3. The van der Waals surface area contributed by atoms with Gasteiger partial charge in [0.1, 0.15) is 11.7 Å². The van der Waals surface area contributed by atoms with E-state index in [-0.39, 0.29) is 11.8 Å². The van der Waals surface area contributed by atoms with Crippen LogP contribution in [0.15, 0.2) is 12.4 Å². The van der Waals surface area contributed by atoms with Crippen molar-refractivity contribution in [2.45, 2.75) is 20.3 Å². The number of H-pyrrole nitrogens is 1. The molecular weight excluding hydrogens is 204 g/mol. The van der Waals surface area contributed by atoms with Crippen molar-refractivity contribution < 1.29 is 4.79 Å². The number of carbonyl (C=O) groups excluding carboxylic acids is 1. The highest BCUT2D eigenvalue weighted by molar-refractivity contribution is 5.81. The Labute approximate surface area is 94.9 Å². The minimum absolute atomic E-state index is 0.0358. The number of hydrogen-bond donors (Lipinski definition) is 2. The number of nitrogens with one attached hydrogen (secondary N) is 2. The van der Waals surface area contributed by atoms with Crippen LogP contribution in [-0.2, 0) is 11.2 Å². The summed E-state index contributed by atoms with van der Waals surface area (Å²) >= 11 is 0. The smallest absolute Gasteiger partial charge is 0.237 e. The maximum atomic E-state index is 11.6. The maximum Gasteiger partial charge on any atom is 0.237 e. The SMILES string of the molecule is CC(C)C(C#N)C(=O)NCCc1ncc[nH]1. The summed E-state index contributed by atoms with van der Waals surface area (Å²) in [7, 11) is 0. The van der Waals surface area contributed by atoms with Gasteiger partial charge in [-0.05, 0) is 5.92 Å². The number of nitriles is 1. The predicted octanol–water partition coefficient (Wildman–Crippen LogP) is 0.864. The van der Waals surface area contributed by atoms with Crippen LogP contribution in [0.25, 0.3) is 0 Å². The standard InChI is InChI=1S/C11H16N4O/c1-8(2)9(7-12)11(16)15-4-3-10-13-5-6-14-10/h5-6,8-9H,3-4H2,1-2H3,(H,13,14)(H,15,16). The molecule has 0 bridgehead atoms. The van der Waals surface area contributed by atoms with Crippen molar-refractivity contribution in [3.8, 4) is 6.07 Å². The van der Waals surface area contributed by atoms with E-state index >= 15 is 0 Å². The Morgan fingerprint density at radius 1 is 1.69 bits per heavy atom. The summed E-state index contributed by atoms with van der Waals surface area (Å²) in [5.41, 5.74) is 0.